The average Bonchev–Trinajstić information content (AvgIpc) is 2.74. The molecule has 0 saturated heterocycles. The summed E-state index contributed by atoms with van der Waals surface area (Å²) < 4.78 is 32.8. The van der Waals surface area contributed by atoms with Crippen molar-refractivity contribution in [3.8, 4) is 11.4 Å². The molecule has 0 saturated carbocycles. The van der Waals surface area contributed by atoms with Gasteiger partial charge in [-0.15, -0.1) is 0 Å². The molecule has 3 aromatic rings. The second-order valence-corrected chi connectivity index (χ2v) is 6.15. The Hall–Kier alpha value is -3.39. The number of rotatable bonds is 8. The van der Waals surface area contributed by atoms with E-state index in [1.54, 1.807) is 7.11 Å². The molecule has 0 spiro atoms. The van der Waals surface area contributed by atoms with E-state index in [0.717, 1.165) is 18.6 Å². The van der Waals surface area contributed by atoms with Crippen molar-refractivity contribution in [1.82, 2.24) is 9.97 Å². The van der Waals surface area contributed by atoms with Gasteiger partial charge in [-0.2, -0.15) is 0 Å². The van der Waals surface area contributed by atoms with Crippen LogP contribution >= 0.6 is 0 Å². The van der Waals surface area contributed by atoms with Gasteiger partial charge in [0.25, 0.3) is 5.91 Å². The fraction of sp³-hybridized carbons (Fsp3) is 0.190. The summed E-state index contributed by atoms with van der Waals surface area (Å²) in [4.78, 5) is 21.4. The molecule has 8 heteroatoms. The number of anilines is 2. The summed E-state index contributed by atoms with van der Waals surface area (Å²) in [6.07, 6.45) is 0.739. The highest BCUT2D eigenvalue weighted by molar-refractivity contribution is 6.03. The molecular weight excluding hydrogens is 378 g/mol. The normalized spacial score (nSPS) is 10.6. The largest absolute Gasteiger partial charge is 0.385 e. The van der Waals surface area contributed by atoms with Gasteiger partial charge in [-0.25, -0.2) is 18.7 Å². The summed E-state index contributed by atoms with van der Waals surface area (Å²) in [6, 6.07) is 13.9. The maximum absolute atomic E-state index is 13.9. The highest BCUT2D eigenvalue weighted by atomic mass is 19.1. The molecule has 1 aromatic heterocycles. The number of para-hydroxylation sites is 1. The minimum atomic E-state index is -0.867. The number of benzene rings is 2. The molecule has 0 radical (unpaired) electrons. The van der Waals surface area contributed by atoms with E-state index in [1.165, 1.54) is 12.1 Å². The topological polar surface area (TPSA) is 76.1 Å². The van der Waals surface area contributed by atoms with Crippen LogP contribution in [0, 0.1) is 11.6 Å². The summed E-state index contributed by atoms with van der Waals surface area (Å²) in [7, 11) is 1.61. The number of aromatic nitrogens is 2. The lowest BCUT2D eigenvalue weighted by Crippen LogP contribution is -2.17. The number of hydrogen-bond acceptors (Lipinski definition) is 5. The third-order valence-electron chi connectivity index (χ3n) is 4.02. The van der Waals surface area contributed by atoms with E-state index in [-0.39, 0.29) is 5.69 Å². The Morgan fingerprint density at radius 1 is 1.03 bits per heavy atom. The van der Waals surface area contributed by atoms with Gasteiger partial charge in [0, 0.05) is 31.9 Å². The molecular formula is C21H20F2N4O2. The van der Waals surface area contributed by atoms with Crippen molar-refractivity contribution >= 4 is 17.4 Å². The van der Waals surface area contributed by atoms with E-state index in [9.17, 15) is 13.6 Å². The highest BCUT2D eigenvalue weighted by Crippen LogP contribution is 2.21. The van der Waals surface area contributed by atoms with Gasteiger partial charge >= 0.3 is 0 Å². The minimum absolute atomic E-state index is 0.0178. The molecule has 0 aliphatic carbocycles. The van der Waals surface area contributed by atoms with E-state index in [4.69, 9.17) is 4.74 Å². The van der Waals surface area contributed by atoms with Crippen LogP contribution in [0.1, 0.15) is 16.9 Å². The van der Waals surface area contributed by atoms with Crippen LogP contribution in [0.4, 0.5) is 20.3 Å². The van der Waals surface area contributed by atoms with Gasteiger partial charge in [0.2, 0.25) is 0 Å². The molecule has 0 bridgehead atoms. The van der Waals surface area contributed by atoms with Gasteiger partial charge in [0.1, 0.15) is 28.8 Å². The molecule has 0 aliphatic rings. The third-order valence-corrected chi connectivity index (χ3v) is 4.02. The van der Waals surface area contributed by atoms with Gasteiger partial charge in [0.05, 0.1) is 0 Å². The van der Waals surface area contributed by atoms with Crippen LogP contribution in [-0.2, 0) is 4.74 Å². The van der Waals surface area contributed by atoms with E-state index < -0.39 is 23.2 Å². The molecule has 0 fully saturated rings. The fourth-order valence-corrected chi connectivity index (χ4v) is 2.60. The molecule has 0 aliphatic heterocycles. The monoisotopic (exact) mass is 398 g/mol. The number of ether oxygens (including phenoxy) is 1. The Morgan fingerprint density at radius 2 is 1.76 bits per heavy atom. The number of carbonyl (C=O) groups excluding carboxylic acids is 1. The predicted molar refractivity (Wildman–Crippen MR) is 107 cm³/mol. The first-order valence-corrected chi connectivity index (χ1v) is 9.01. The van der Waals surface area contributed by atoms with Crippen molar-refractivity contribution in [3.63, 3.8) is 0 Å². The molecule has 1 amide bonds. The Labute approximate surface area is 167 Å². The molecule has 150 valence electrons. The Kier molecular flexibility index (Phi) is 6.80. The van der Waals surface area contributed by atoms with E-state index in [2.05, 4.69) is 20.6 Å². The first-order chi connectivity index (χ1) is 14.1. The summed E-state index contributed by atoms with van der Waals surface area (Å²) >= 11 is 0. The summed E-state index contributed by atoms with van der Waals surface area (Å²) in [5.74, 6) is -1.73. The Bertz CT molecular complexity index is 963. The number of amides is 1. The second kappa shape index (κ2) is 9.70. The van der Waals surface area contributed by atoms with Crippen LogP contribution in [-0.4, -0.2) is 36.1 Å². The Balaban J connectivity index is 1.90. The zero-order valence-corrected chi connectivity index (χ0v) is 15.8. The number of hydrogen-bond donors (Lipinski definition) is 2. The van der Waals surface area contributed by atoms with Crippen LogP contribution in [0.15, 0.2) is 54.6 Å². The maximum atomic E-state index is 13.9. The van der Waals surface area contributed by atoms with Crippen LogP contribution in [0.3, 0.4) is 0 Å². The zero-order valence-electron chi connectivity index (χ0n) is 15.8. The van der Waals surface area contributed by atoms with E-state index in [1.807, 2.05) is 30.3 Å². The molecule has 6 nitrogen and oxygen atoms in total. The predicted octanol–water partition coefficient (Wildman–Crippen LogP) is 4.12. The lowest BCUT2D eigenvalue weighted by Gasteiger charge is -2.11. The maximum Gasteiger partial charge on any atom is 0.274 e. The number of nitrogens with zero attached hydrogens (tertiary/aromatic N) is 2. The molecule has 29 heavy (non-hydrogen) atoms. The summed E-state index contributed by atoms with van der Waals surface area (Å²) in [6.45, 7) is 1.14. The highest BCUT2D eigenvalue weighted by Gasteiger charge is 2.17. The summed E-state index contributed by atoms with van der Waals surface area (Å²) in [5, 5.41) is 5.36. The lowest BCUT2D eigenvalue weighted by molar-refractivity contribution is 0.102. The third kappa shape index (κ3) is 5.32. The van der Waals surface area contributed by atoms with Crippen molar-refractivity contribution in [2.45, 2.75) is 6.42 Å². The molecule has 2 N–H and O–H groups in total. The van der Waals surface area contributed by atoms with Crippen molar-refractivity contribution in [2.24, 2.45) is 0 Å². The van der Waals surface area contributed by atoms with Crippen molar-refractivity contribution in [3.05, 3.63) is 71.9 Å². The smallest absolute Gasteiger partial charge is 0.274 e. The molecule has 0 unspecified atom stereocenters. The first kappa shape index (κ1) is 20.3. The zero-order chi connectivity index (χ0) is 20.6. The van der Waals surface area contributed by atoms with Crippen LogP contribution < -0.4 is 10.6 Å². The summed E-state index contributed by atoms with van der Waals surface area (Å²) in [5.41, 5.74) is 0.168. The fourth-order valence-electron chi connectivity index (χ4n) is 2.60. The van der Waals surface area contributed by atoms with Crippen LogP contribution in [0.5, 0.6) is 0 Å². The van der Waals surface area contributed by atoms with Crippen molar-refractivity contribution in [2.75, 3.05) is 30.9 Å². The number of carbonyl (C=O) groups is 1. The molecule has 0 atom stereocenters. The van der Waals surface area contributed by atoms with E-state index >= 15 is 0 Å². The van der Waals surface area contributed by atoms with Gasteiger partial charge in [-0.05, 0) is 18.6 Å². The second-order valence-electron chi connectivity index (χ2n) is 6.15. The quantitative estimate of drug-likeness (QED) is 0.558. The number of halogens is 2. The van der Waals surface area contributed by atoms with E-state index in [0.29, 0.717) is 30.4 Å². The van der Waals surface area contributed by atoms with Crippen molar-refractivity contribution in [1.29, 1.82) is 0 Å². The molecule has 1 heterocycles. The standard InChI is InChI=1S/C21H20F2N4O2/c1-29-12-6-11-24-18-13-17(25-20(26-18)14-7-3-2-4-8-14)21(28)27-19-15(22)9-5-10-16(19)23/h2-5,7-10,13H,6,11-12H2,1H3,(H,27,28)(H,24,25,26). The SMILES string of the molecule is COCCCNc1cc(C(=O)Nc2c(F)cccc2F)nc(-c2ccccc2)n1. The molecule has 3 rings (SSSR count). The minimum Gasteiger partial charge on any atom is -0.385 e. The number of nitrogens with one attached hydrogen (secondary N) is 2. The van der Waals surface area contributed by atoms with Gasteiger partial charge in [0.15, 0.2) is 5.82 Å². The average molecular weight is 398 g/mol. The van der Waals surface area contributed by atoms with Crippen LogP contribution in [0.2, 0.25) is 0 Å². The van der Waals surface area contributed by atoms with Gasteiger partial charge < -0.3 is 15.4 Å². The van der Waals surface area contributed by atoms with Crippen molar-refractivity contribution < 1.29 is 18.3 Å². The Morgan fingerprint density at radius 3 is 2.45 bits per heavy atom. The number of methoxy groups -OCH3 is 1. The van der Waals surface area contributed by atoms with Crippen LogP contribution in [0.25, 0.3) is 11.4 Å². The first-order valence-electron chi connectivity index (χ1n) is 9.01. The van der Waals surface area contributed by atoms with Gasteiger partial charge in [-0.1, -0.05) is 36.4 Å². The van der Waals surface area contributed by atoms with Gasteiger partial charge in [-0.3, -0.25) is 4.79 Å². The lowest BCUT2D eigenvalue weighted by atomic mass is 10.2. The molecule has 2 aromatic carbocycles.